The van der Waals surface area contributed by atoms with Crippen LogP contribution in [-0.2, 0) is 4.74 Å². The number of piperidine rings is 1. The van der Waals surface area contributed by atoms with E-state index in [1.165, 1.54) is 25.9 Å². The Hall–Kier alpha value is -0.200. The fraction of sp³-hybridized carbons (Fsp3) is 1.00. The van der Waals surface area contributed by atoms with Crippen molar-refractivity contribution in [2.24, 2.45) is 0 Å². The highest BCUT2D eigenvalue weighted by molar-refractivity contribution is 4.78. The van der Waals surface area contributed by atoms with Crippen LogP contribution >= 0.6 is 0 Å². The number of rotatable bonds is 1. The van der Waals surface area contributed by atoms with Crippen LogP contribution in [0.3, 0.4) is 0 Å². The molecule has 0 aliphatic carbocycles. The van der Waals surface area contributed by atoms with Gasteiger partial charge in [0, 0.05) is 26.2 Å². The molecule has 2 fully saturated rings. The minimum Gasteiger partial charge on any atom is -0.412 e. The molecule has 2 heterocycles. The van der Waals surface area contributed by atoms with Gasteiger partial charge in [0.2, 0.25) is 0 Å². The summed E-state index contributed by atoms with van der Waals surface area (Å²) in [5.74, 6) is 0. The third kappa shape index (κ3) is 7.68. The van der Waals surface area contributed by atoms with E-state index in [-0.39, 0.29) is 5.48 Å². The summed E-state index contributed by atoms with van der Waals surface area (Å²) < 4.78 is 5.33. The van der Waals surface area contributed by atoms with Gasteiger partial charge in [0.05, 0.1) is 13.2 Å². The number of aliphatic hydroxyl groups excluding tert-OH is 1. The molecule has 17 heavy (non-hydrogen) atoms. The zero-order valence-corrected chi connectivity index (χ0v) is 11.5. The number of morpholine rings is 1. The lowest BCUT2D eigenvalue weighted by atomic mass is 10.0. The molecule has 5 heteroatoms. The molecule has 0 spiro atoms. The normalized spacial score (nSPS) is 21.2. The highest BCUT2D eigenvalue weighted by atomic mass is 16.5. The molecule has 0 unspecified atom stereocenters. The fourth-order valence-electron chi connectivity index (χ4n) is 2.11. The molecule has 0 atom stereocenters. The van der Waals surface area contributed by atoms with Crippen molar-refractivity contribution in [2.45, 2.75) is 32.7 Å². The van der Waals surface area contributed by atoms with Crippen LogP contribution in [0.4, 0.5) is 0 Å². The second-order valence-electron chi connectivity index (χ2n) is 3.63. The Bertz CT molecular complexity index is 120. The zero-order valence-electron chi connectivity index (χ0n) is 11.5. The standard InChI is InChI=1S/C9H18N2O.C2H6.CH4O.H2O/c1-3-10-4-2-9(1)11-5-7-12-8-6-11;2*1-2;/h9-10H,1-8H2;1-2H3;2H,1H3;1H2. The largest absolute Gasteiger partial charge is 0.412 e. The number of hydrogen-bond donors (Lipinski definition) is 2. The van der Waals surface area contributed by atoms with Crippen LogP contribution in [0.15, 0.2) is 0 Å². The topological polar surface area (TPSA) is 76.2 Å². The maximum Gasteiger partial charge on any atom is 0.0594 e. The Morgan fingerprint density at radius 2 is 1.53 bits per heavy atom. The van der Waals surface area contributed by atoms with E-state index in [0.717, 1.165) is 39.5 Å². The maximum absolute atomic E-state index is 7.00. The zero-order chi connectivity index (χ0) is 12.2. The Morgan fingerprint density at radius 1 is 1.06 bits per heavy atom. The lowest BCUT2D eigenvalue weighted by Crippen LogP contribution is -2.47. The molecule has 4 N–H and O–H groups in total. The molecule has 0 radical (unpaired) electrons. The molecule has 0 aromatic heterocycles. The average Bonchev–Trinajstić information content (AvgIpc) is 2.45. The monoisotopic (exact) mass is 250 g/mol. The number of nitrogens with zero attached hydrogens (tertiary/aromatic N) is 1. The van der Waals surface area contributed by atoms with Crippen LogP contribution in [0.25, 0.3) is 0 Å². The van der Waals surface area contributed by atoms with Gasteiger partial charge in [0.25, 0.3) is 0 Å². The predicted octanol–water partition coefficient (Wildman–Crippen LogP) is -0.119. The molecule has 2 aliphatic rings. The van der Waals surface area contributed by atoms with Crippen molar-refractivity contribution < 1.29 is 15.3 Å². The van der Waals surface area contributed by atoms with E-state index < -0.39 is 0 Å². The molecular weight excluding hydrogens is 220 g/mol. The van der Waals surface area contributed by atoms with Crippen molar-refractivity contribution in [3.8, 4) is 0 Å². The van der Waals surface area contributed by atoms with Crippen molar-refractivity contribution >= 4 is 0 Å². The van der Waals surface area contributed by atoms with E-state index in [1.54, 1.807) is 0 Å². The summed E-state index contributed by atoms with van der Waals surface area (Å²) in [6.45, 7) is 10.5. The van der Waals surface area contributed by atoms with Crippen molar-refractivity contribution in [2.75, 3.05) is 46.5 Å². The van der Waals surface area contributed by atoms with E-state index >= 15 is 0 Å². The molecule has 0 aromatic carbocycles. The Labute approximate surface area is 105 Å². The third-order valence-corrected chi connectivity index (χ3v) is 2.87. The Morgan fingerprint density at radius 3 is 2.00 bits per heavy atom. The second-order valence-corrected chi connectivity index (χ2v) is 3.63. The maximum atomic E-state index is 7.00. The first kappa shape index (κ1) is 19.1. The average molecular weight is 250 g/mol. The van der Waals surface area contributed by atoms with Gasteiger partial charge >= 0.3 is 0 Å². The number of aliphatic hydroxyl groups is 1. The molecule has 0 amide bonds. The summed E-state index contributed by atoms with van der Waals surface area (Å²) in [5.41, 5.74) is 0. The van der Waals surface area contributed by atoms with Crippen molar-refractivity contribution in [3.63, 3.8) is 0 Å². The van der Waals surface area contributed by atoms with Gasteiger partial charge < -0.3 is 20.6 Å². The first-order valence-corrected chi connectivity index (χ1v) is 6.44. The summed E-state index contributed by atoms with van der Waals surface area (Å²) in [6, 6.07) is 0.829. The molecule has 5 nitrogen and oxygen atoms in total. The summed E-state index contributed by atoms with van der Waals surface area (Å²) in [6.07, 6.45) is 2.64. The molecule has 0 aromatic rings. The third-order valence-electron chi connectivity index (χ3n) is 2.87. The van der Waals surface area contributed by atoms with Gasteiger partial charge in [-0.1, -0.05) is 13.8 Å². The van der Waals surface area contributed by atoms with Gasteiger partial charge in [-0.25, -0.2) is 0 Å². The minimum atomic E-state index is 0. The minimum absolute atomic E-state index is 0. The molecule has 2 rings (SSSR count). The Balaban J connectivity index is 0. The van der Waals surface area contributed by atoms with E-state index in [9.17, 15) is 0 Å². The van der Waals surface area contributed by atoms with E-state index in [2.05, 4.69) is 10.2 Å². The Kier molecular flexibility index (Phi) is 15.6. The molecule has 2 aliphatic heterocycles. The highest BCUT2D eigenvalue weighted by Crippen LogP contribution is 2.12. The van der Waals surface area contributed by atoms with Crippen LogP contribution in [0, 0.1) is 0 Å². The number of nitrogens with one attached hydrogen (secondary N) is 1. The molecule has 2 saturated heterocycles. The van der Waals surface area contributed by atoms with Gasteiger partial charge in [-0.05, 0) is 25.9 Å². The summed E-state index contributed by atoms with van der Waals surface area (Å²) in [4.78, 5) is 2.59. The first-order valence-electron chi connectivity index (χ1n) is 6.44. The van der Waals surface area contributed by atoms with Gasteiger partial charge in [-0.2, -0.15) is 0 Å². The number of hydrogen-bond acceptors (Lipinski definition) is 4. The van der Waals surface area contributed by atoms with Gasteiger partial charge in [-0.15, -0.1) is 0 Å². The van der Waals surface area contributed by atoms with Crippen LogP contribution < -0.4 is 5.32 Å². The van der Waals surface area contributed by atoms with E-state index in [1.807, 2.05) is 13.8 Å². The van der Waals surface area contributed by atoms with Crippen molar-refractivity contribution in [1.29, 1.82) is 0 Å². The van der Waals surface area contributed by atoms with E-state index in [4.69, 9.17) is 9.84 Å². The van der Waals surface area contributed by atoms with Crippen molar-refractivity contribution in [3.05, 3.63) is 0 Å². The van der Waals surface area contributed by atoms with Gasteiger partial charge in [0.1, 0.15) is 0 Å². The van der Waals surface area contributed by atoms with Crippen LogP contribution in [0.1, 0.15) is 26.7 Å². The van der Waals surface area contributed by atoms with Crippen molar-refractivity contribution in [1.82, 2.24) is 10.2 Å². The van der Waals surface area contributed by atoms with E-state index in [0.29, 0.717) is 0 Å². The lowest BCUT2D eigenvalue weighted by Gasteiger charge is -2.36. The van der Waals surface area contributed by atoms with Gasteiger partial charge in [0.15, 0.2) is 0 Å². The van der Waals surface area contributed by atoms with Crippen LogP contribution in [-0.4, -0.2) is 68.0 Å². The SMILES string of the molecule is C1CC(N2CCOCC2)CCN1.CC.CO.O. The van der Waals surface area contributed by atoms with Crippen LogP contribution in [0.2, 0.25) is 0 Å². The number of ether oxygens (including phenoxy) is 1. The molecule has 0 bridgehead atoms. The lowest BCUT2D eigenvalue weighted by molar-refractivity contribution is 0.0101. The van der Waals surface area contributed by atoms with Gasteiger partial charge in [-0.3, -0.25) is 4.90 Å². The summed E-state index contributed by atoms with van der Waals surface area (Å²) >= 11 is 0. The predicted molar refractivity (Wildman–Crippen MR) is 71.4 cm³/mol. The fourth-order valence-corrected chi connectivity index (χ4v) is 2.11. The smallest absolute Gasteiger partial charge is 0.0594 e. The quantitative estimate of drug-likeness (QED) is 0.680. The first-order chi connectivity index (χ1) is 7.97. The molecule has 0 saturated carbocycles. The summed E-state index contributed by atoms with van der Waals surface area (Å²) in [5, 5.41) is 10.4. The molecule has 106 valence electrons. The summed E-state index contributed by atoms with van der Waals surface area (Å²) in [7, 11) is 1.00. The molecular formula is C12H30N2O3. The second kappa shape index (κ2) is 13.9. The highest BCUT2D eigenvalue weighted by Gasteiger charge is 2.21. The van der Waals surface area contributed by atoms with Crippen LogP contribution in [0.5, 0.6) is 0 Å².